The first-order valence-electron chi connectivity index (χ1n) is 3.86. The standard InChI is InChI=1S/C8H18S.CHNO/c1-7(2,3)9-8(4,5)6;2-1-3/h1-6H3;2H. The van der Waals surface area contributed by atoms with Gasteiger partial charge in [-0.2, -0.15) is 11.8 Å². The highest BCUT2D eigenvalue weighted by molar-refractivity contribution is 8.01. The topological polar surface area (TPSA) is 40.9 Å². The molecule has 0 aromatic rings. The molecule has 0 aliphatic heterocycles. The van der Waals surface area contributed by atoms with Gasteiger partial charge in [-0.1, -0.05) is 41.5 Å². The molecule has 72 valence electrons. The average Bonchev–Trinajstić information content (AvgIpc) is 1.53. The molecule has 0 bridgehead atoms. The summed E-state index contributed by atoms with van der Waals surface area (Å²) in [6.45, 7) is 13.5. The molecule has 0 aromatic heterocycles. The number of isocyanates is 1. The molecule has 2 nitrogen and oxygen atoms in total. The maximum atomic E-state index is 8.35. The molecule has 0 spiro atoms. The Labute approximate surface area is 79.6 Å². The maximum absolute atomic E-state index is 8.35. The van der Waals surface area contributed by atoms with Crippen LogP contribution in [0.4, 0.5) is 0 Å². The molecule has 0 aliphatic rings. The smallest absolute Gasteiger partial charge is 0.222 e. The first-order chi connectivity index (χ1) is 5.12. The lowest BCUT2D eigenvalue weighted by Crippen LogP contribution is -2.19. The Morgan fingerprint density at radius 3 is 1.17 bits per heavy atom. The lowest BCUT2D eigenvalue weighted by molar-refractivity contribution is 0.563. The van der Waals surface area contributed by atoms with Crippen molar-refractivity contribution in [1.82, 2.24) is 0 Å². The highest BCUT2D eigenvalue weighted by Gasteiger charge is 2.20. The number of hydrogen-bond acceptors (Lipinski definition) is 3. The minimum Gasteiger partial charge on any atom is -0.222 e. The molecule has 1 N–H and O–H groups in total. The van der Waals surface area contributed by atoms with Crippen molar-refractivity contribution < 1.29 is 4.79 Å². The lowest BCUT2D eigenvalue weighted by atomic mass is 10.2. The SMILES string of the molecule is CC(C)(C)SC(C)(C)C.N=C=O. The average molecular weight is 189 g/mol. The summed E-state index contributed by atoms with van der Waals surface area (Å²) in [6, 6.07) is 0. The van der Waals surface area contributed by atoms with Crippen LogP contribution in [0.25, 0.3) is 0 Å². The van der Waals surface area contributed by atoms with Gasteiger partial charge in [-0.3, -0.25) is 0 Å². The highest BCUT2D eigenvalue weighted by atomic mass is 32.2. The van der Waals surface area contributed by atoms with Crippen molar-refractivity contribution in [2.75, 3.05) is 0 Å². The molecule has 3 heteroatoms. The van der Waals surface area contributed by atoms with Crippen molar-refractivity contribution in [3.05, 3.63) is 0 Å². The zero-order valence-electron chi connectivity index (χ0n) is 8.82. The summed E-state index contributed by atoms with van der Waals surface area (Å²) >= 11 is 2.01. The second kappa shape index (κ2) is 5.39. The normalized spacial score (nSPS) is 11.2. The monoisotopic (exact) mass is 189 g/mol. The van der Waals surface area contributed by atoms with Crippen molar-refractivity contribution in [3.63, 3.8) is 0 Å². The molecule has 0 unspecified atom stereocenters. The molecule has 0 fully saturated rings. The van der Waals surface area contributed by atoms with Gasteiger partial charge in [0.15, 0.2) is 0 Å². The summed E-state index contributed by atoms with van der Waals surface area (Å²) in [5, 5.41) is 5.40. The second-order valence-electron chi connectivity index (χ2n) is 4.43. The molecule has 12 heavy (non-hydrogen) atoms. The fourth-order valence-electron chi connectivity index (χ4n) is 0.919. The van der Waals surface area contributed by atoms with Gasteiger partial charge in [0.1, 0.15) is 0 Å². The molecule has 0 amide bonds. The Hall–Kier alpha value is -0.270. The van der Waals surface area contributed by atoms with Crippen LogP contribution in [-0.2, 0) is 4.79 Å². The third kappa shape index (κ3) is 22.6. The molecule has 0 radical (unpaired) electrons. The molecule has 0 atom stereocenters. The number of nitrogens with one attached hydrogen (secondary N) is 1. The molecule has 0 aliphatic carbocycles. The van der Waals surface area contributed by atoms with Gasteiger partial charge < -0.3 is 0 Å². The maximum Gasteiger partial charge on any atom is 0.231 e. The number of hydrogen-bond donors (Lipinski definition) is 1. The van der Waals surface area contributed by atoms with Crippen molar-refractivity contribution in [1.29, 1.82) is 5.41 Å². The van der Waals surface area contributed by atoms with Crippen LogP contribution in [0.1, 0.15) is 41.5 Å². The first-order valence-corrected chi connectivity index (χ1v) is 4.68. The minimum atomic E-state index is 0.401. The summed E-state index contributed by atoms with van der Waals surface area (Å²) in [7, 11) is 0. The van der Waals surface area contributed by atoms with Gasteiger partial charge in [0.05, 0.1) is 0 Å². The Morgan fingerprint density at radius 1 is 1.00 bits per heavy atom. The molecular weight excluding hydrogens is 170 g/mol. The Balaban J connectivity index is 0. The number of carbonyl (C=O) groups excluding carboxylic acids is 1. The summed E-state index contributed by atoms with van der Waals surface area (Å²) < 4.78 is 0.802. The van der Waals surface area contributed by atoms with Crippen molar-refractivity contribution in [3.8, 4) is 0 Å². The fraction of sp³-hybridized carbons (Fsp3) is 0.889. The molecule has 0 saturated carbocycles. The van der Waals surface area contributed by atoms with E-state index in [-0.39, 0.29) is 0 Å². The molecule has 0 heterocycles. The summed E-state index contributed by atoms with van der Waals surface area (Å²) in [5.41, 5.74) is 0. The van der Waals surface area contributed by atoms with E-state index in [2.05, 4.69) is 41.5 Å². The molecular formula is C9H19NOS. The van der Waals surface area contributed by atoms with Gasteiger partial charge in [-0.15, -0.1) is 0 Å². The number of thioether (sulfide) groups is 1. The highest BCUT2D eigenvalue weighted by Crippen LogP contribution is 2.35. The predicted molar refractivity (Wildman–Crippen MR) is 55.5 cm³/mol. The van der Waals surface area contributed by atoms with E-state index in [0.29, 0.717) is 9.49 Å². The van der Waals surface area contributed by atoms with Gasteiger partial charge in [0.2, 0.25) is 6.08 Å². The third-order valence-corrected chi connectivity index (χ3v) is 1.84. The van der Waals surface area contributed by atoms with Gasteiger partial charge in [0, 0.05) is 9.49 Å². The summed E-state index contributed by atoms with van der Waals surface area (Å²) in [5.74, 6) is 0. The first kappa shape index (κ1) is 14.3. The van der Waals surface area contributed by atoms with E-state index >= 15 is 0 Å². The van der Waals surface area contributed by atoms with Crippen molar-refractivity contribution in [2.45, 2.75) is 51.0 Å². The van der Waals surface area contributed by atoms with E-state index in [1.165, 1.54) is 0 Å². The molecule has 0 aromatic carbocycles. The molecule has 0 saturated heterocycles. The third-order valence-electron chi connectivity index (χ3n) is 0.612. The van der Waals surface area contributed by atoms with E-state index < -0.39 is 0 Å². The quantitative estimate of drug-likeness (QED) is 0.469. The largest absolute Gasteiger partial charge is 0.231 e. The predicted octanol–water partition coefficient (Wildman–Crippen LogP) is 3.22. The Morgan fingerprint density at radius 2 is 1.17 bits per heavy atom. The Bertz CT molecular complexity index is 135. The van der Waals surface area contributed by atoms with E-state index in [4.69, 9.17) is 10.2 Å². The van der Waals surface area contributed by atoms with Crippen LogP contribution >= 0.6 is 11.8 Å². The summed E-state index contributed by atoms with van der Waals surface area (Å²) in [6.07, 6.45) is 0.750. The number of rotatable bonds is 0. The van der Waals surface area contributed by atoms with Gasteiger partial charge in [0.25, 0.3) is 0 Å². The van der Waals surface area contributed by atoms with Crippen LogP contribution in [0.5, 0.6) is 0 Å². The fourth-order valence-corrected chi connectivity index (χ4v) is 2.76. The van der Waals surface area contributed by atoms with E-state index in [1.54, 1.807) is 0 Å². The molecule has 0 rings (SSSR count). The van der Waals surface area contributed by atoms with Gasteiger partial charge >= 0.3 is 0 Å². The van der Waals surface area contributed by atoms with Crippen LogP contribution < -0.4 is 0 Å². The van der Waals surface area contributed by atoms with Crippen LogP contribution in [0.15, 0.2) is 0 Å². The van der Waals surface area contributed by atoms with Gasteiger partial charge in [-0.25, -0.2) is 10.2 Å². The van der Waals surface area contributed by atoms with E-state index in [1.807, 2.05) is 11.8 Å². The van der Waals surface area contributed by atoms with Crippen LogP contribution in [0.3, 0.4) is 0 Å². The van der Waals surface area contributed by atoms with E-state index in [0.717, 1.165) is 6.08 Å². The van der Waals surface area contributed by atoms with Crippen molar-refractivity contribution in [2.24, 2.45) is 0 Å². The lowest BCUT2D eigenvalue weighted by Gasteiger charge is -2.28. The zero-order chi connectivity index (χ0) is 10.4. The zero-order valence-corrected chi connectivity index (χ0v) is 9.63. The second-order valence-corrected chi connectivity index (χ2v) is 7.08. The van der Waals surface area contributed by atoms with E-state index in [9.17, 15) is 0 Å². The Kier molecular flexibility index (Phi) is 6.41. The van der Waals surface area contributed by atoms with Crippen LogP contribution in [-0.4, -0.2) is 15.6 Å². The van der Waals surface area contributed by atoms with Crippen LogP contribution in [0.2, 0.25) is 0 Å². The minimum absolute atomic E-state index is 0.401. The van der Waals surface area contributed by atoms with Gasteiger partial charge in [-0.05, 0) is 0 Å². The van der Waals surface area contributed by atoms with Crippen LogP contribution in [0, 0.1) is 5.41 Å². The van der Waals surface area contributed by atoms with Crippen molar-refractivity contribution >= 4 is 17.8 Å². The summed E-state index contributed by atoms with van der Waals surface area (Å²) in [4.78, 5) is 8.35.